The standard InChI is InChI=1S/C19H16ClF3N2O2/c1-10-15(20)6-3-7-16(10)25-18(27)14-9-13(14)17(26)24-12-5-2-4-11(8-12)19(21,22)23/h2-8,13-14H,9H2,1H3,(H,24,26)(H,25,27). The first-order chi connectivity index (χ1) is 12.7. The number of hydrogen-bond donors (Lipinski definition) is 2. The van der Waals surface area contributed by atoms with Crippen molar-refractivity contribution in [3.8, 4) is 0 Å². The summed E-state index contributed by atoms with van der Waals surface area (Å²) in [6.45, 7) is 1.77. The van der Waals surface area contributed by atoms with E-state index in [1.165, 1.54) is 12.1 Å². The van der Waals surface area contributed by atoms with Gasteiger partial charge in [0.2, 0.25) is 11.8 Å². The number of halogens is 4. The summed E-state index contributed by atoms with van der Waals surface area (Å²) in [5.74, 6) is -1.88. The van der Waals surface area contributed by atoms with Gasteiger partial charge in [-0.15, -0.1) is 0 Å². The molecule has 142 valence electrons. The number of carbonyl (C=O) groups is 2. The van der Waals surface area contributed by atoms with Crippen LogP contribution in [0.2, 0.25) is 5.02 Å². The van der Waals surface area contributed by atoms with Crippen LogP contribution in [0.15, 0.2) is 42.5 Å². The first-order valence-electron chi connectivity index (χ1n) is 8.21. The smallest absolute Gasteiger partial charge is 0.326 e. The fraction of sp³-hybridized carbons (Fsp3) is 0.263. The van der Waals surface area contributed by atoms with Gasteiger partial charge in [-0.2, -0.15) is 13.2 Å². The number of anilines is 2. The maximum atomic E-state index is 12.7. The Balaban J connectivity index is 1.60. The van der Waals surface area contributed by atoms with Gasteiger partial charge in [-0.25, -0.2) is 0 Å². The average Bonchev–Trinajstić information content (AvgIpc) is 3.39. The number of carbonyl (C=O) groups excluding carboxylic acids is 2. The summed E-state index contributed by atoms with van der Waals surface area (Å²) in [6, 6.07) is 9.50. The molecule has 0 spiro atoms. The van der Waals surface area contributed by atoms with Crippen LogP contribution in [0.4, 0.5) is 24.5 Å². The number of nitrogens with one attached hydrogen (secondary N) is 2. The second-order valence-corrected chi connectivity index (χ2v) is 6.83. The van der Waals surface area contributed by atoms with E-state index in [-0.39, 0.29) is 11.6 Å². The number of amides is 2. The van der Waals surface area contributed by atoms with Crippen LogP contribution in [0.3, 0.4) is 0 Å². The van der Waals surface area contributed by atoms with Crippen molar-refractivity contribution in [2.24, 2.45) is 11.8 Å². The largest absolute Gasteiger partial charge is 0.416 e. The fourth-order valence-corrected chi connectivity index (χ4v) is 2.93. The molecule has 2 unspecified atom stereocenters. The Kier molecular flexibility index (Phi) is 5.15. The Labute approximate surface area is 158 Å². The zero-order chi connectivity index (χ0) is 19.8. The minimum absolute atomic E-state index is 0.0477. The van der Waals surface area contributed by atoms with Gasteiger partial charge in [-0.05, 0) is 49.2 Å². The Hall–Kier alpha value is -2.54. The van der Waals surface area contributed by atoms with Gasteiger partial charge in [0.1, 0.15) is 0 Å². The maximum Gasteiger partial charge on any atom is 0.416 e. The summed E-state index contributed by atoms with van der Waals surface area (Å²) >= 11 is 6.01. The zero-order valence-corrected chi connectivity index (χ0v) is 15.0. The molecule has 8 heteroatoms. The number of hydrogen-bond acceptors (Lipinski definition) is 2. The van der Waals surface area contributed by atoms with E-state index in [0.717, 1.165) is 17.7 Å². The number of benzene rings is 2. The molecular formula is C19H16ClF3N2O2. The molecule has 1 saturated carbocycles. The highest BCUT2D eigenvalue weighted by Gasteiger charge is 2.48. The van der Waals surface area contributed by atoms with Crippen molar-refractivity contribution in [1.82, 2.24) is 0 Å². The van der Waals surface area contributed by atoms with Gasteiger partial charge in [-0.1, -0.05) is 23.7 Å². The molecule has 2 amide bonds. The lowest BCUT2D eigenvalue weighted by Crippen LogP contribution is -2.21. The van der Waals surface area contributed by atoms with E-state index in [9.17, 15) is 22.8 Å². The van der Waals surface area contributed by atoms with Crippen LogP contribution in [-0.4, -0.2) is 11.8 Å². The summed E-state index contributed by atoms with van der Waals surface area (Å²) in [7, 11) is 0. The van der Waals surface area contributed by atoms with Crippen LogP contribution < -0.4 is 10.6 Å². The summed E-state index contributed by atoms with van der Waals surface area (Å²) < 4.78 is 38.2. The third kappa shape index (κ3) is 4.42. The predicted molar refractivity (Wildman–Crippen MR) is 96.5 cm³/mol. The molecule has 2 aromatic rings. The first kappa shape index (κ1) is 19.2. The van der Waals surface area contributed by atoms with Crippen LogP contribution >= 0.6 is 11.6 Å². The Morgan fingerprint density at radius 3 is 2.33 bits per heavy atom. The van der Waals surface area contributed by atoms with Crippen LogP contribution in [0.25, 0.3) is 0 Å². The highest BCUT2D eigenvalue weighted by Crippen LogP contribution is 2.41. The van der Waals surface area contributed by atoms with Gasteiger partial charge in [0.15, 0.2) is 0 Å². The Bertz CT molecular complexity index is 899. The number of rotatable bonds is 4. The molecule has 1 aliphatic carbocycles. The average molecular weight is 397 g/mol. The van der Waals surface area contributed by atoms with Gasteiger partial charge in [0.25, 0.3) is 0 Å². The molecule has 1 fully saturated rings. The van der Waals surface area contributed by atoms with Crippen LogP contribution in [-0.2, 0) is 15.8 Å². The van der Waals surface area contributed by atoms with Gasteiger partial charge >= 0.3 is 6.18 Å². The minimum atomic E-state index is -4.49. The minimum Gasteiger partial charge on any atom is -0.326 e. The molecular weight excluding hydrogens is 381 g/mol. The maximum absolute atomic E-state index is 12.7. The zero-order valence-electron chi connectivity index (χ0n) is 14.2. The molecule has 0 heterocycles. The molecule has 0 radical (unpaired) electrons. The molecule has 0 aromatic heterocycles. The highest BCUT2D eigenvalue weighted by molar-refractivity contribution is 6.31. The normalized spacial score (nSPS) is 18.7. The molecule has 0 saturated heterocycles. The first-order valence-corrected chi connectivity index (χ1v) is 8.58. The Morgan fingerprint density at radius 1 is 1.04 bits per heavy atom. The molecule has 1 aliphatic rings. The van der Waals surface area contributed by atoms with Crippen molar-refractivity contribution in [2.75, 3.05) is 10.6 Å². The lowest BCUT2D eigenvalue weighted by atomic mass is 10.2. The molecule has 2 atom stereocenters. The predicted octanol–water partition coefficient (Wildman–Crippen LogP) is 4.88. The van der Waals surface area contributed by atoms with E-state index in [1.807, 2.05) is 0 Å². The molecule has 3 rings (SSSR count). The van der Waals surface area contributed by atoms with Crippen molar-refractivity contribution in [2.45, 2.75) is 19.5 Å². The molecule has 27 heavy (non-hydrogen) atoms. The van der Waals surface area contributed by atoms with E-state index in [2.05, 4.69) is 10.6 Å². The second-order valence-electron chi connectivity index (χ2n) is 6.42. The van der Waals surface area contributed by atoms with E-state index < -0.39 is 29.5 Å². The molecule has 4 nitrogen and oxygen atoms in total. The quantitative estimate of drug-likeness (QED) is 0.773. The van der Waals surface area contributed by atoms with Crippen LogP contribution in [0.1, 0.15) is 17.5 Å². The summed E-state index contributed by atoms with van der Waals surface area (Å²) in [4.78, 5) is 24.5. The summed E-state index contributed by atoms with van der Waals surface area (Å²) in [6.07, 6.45) is -4.15. The topological polar surface area (TPSA) is 58.2 Å². The van der Waals surface area contributed by atoms with E-state index in [4.69, 9.17) is 11.6 Å². The van der Waals surface area contributed by atoms with E-state index in [1.54, 1.807) is 25.1 Å². The molecule has 2 N–H and O–H groups in total. The van der Waals surface area contributed by atoms with Crippen molar-refractivity contribution >= 4 is 34.8 Å². The Morgan fingerprint density at radius 2 is 1.67 bits per heavy atom. The van der Waals surface area contributed by atoms with Crippen molar-refractivity contribution in [1.29, 1.82) is 0 Å². The lowest BCUT2D eigenvalue weighted by molar-refractivity contribution is -0.137. The molecule has 0 aliphatic heterocycles. The summed E-state index contributed by atoms with van der Waals surface area (Å²) in [5.41, 5.74) is 0.489. The van der Waals surface area contributed by atoms with Crippen molar-refractivity contribution in [3.63, 3.8) is 0 Å². The van der Waals surface area contributed by atoms with E-state index in [0.29, 0.717) is 17.1 Å². The molecule has 2 aromatic carbocycles. The van der Waals surface area contributed by atoms with Gasteiger partial charge in [0, 0.05) is 16.4 Å². The van der Waals surface area contributed by atoms with Gasteiger partial charge in [-0.3, -0.25) is 9.59 Å². The number of alkyl halides is 3. The van der Waals surface area contributed by atoms with Gasteiger partial charge < -0.3 is 10.6 Å². The van der Waals surface area contributed by atoms with Crippen LogP contribution in [0, 0.1) is 18.8 Å². The van der Waals surface area contributed by atoms with Gasteiger partial charge in [0.05, 0.1) is 17.4 Å². The van der Waals surface area contributed by atoms with E-state index >= 15 is 0 Å². The fourth-order valence-electron chi connectivity index (χ4n) is 2.75. The second kappa shape index (κ2) is 7.23. The SMILES string of the molecule is Cc1c(Cl)cccc1NC(=O)C1CC1C(=O)Nc1cccc(C(F)(F)F)c1. The van der Waals surface area contributed by atoms with Crippen molar-refractivity contribution in [3.05, 3.63) is 58.6 Å². The van der Waals surface area contributed by atoms with Crippen LogP contribution in [0.5, 0.6) is 0 Å². The third-order valence-electron chi connectivity index (χ3n) is 4.45. The lowest BCUT2D eigenvalue weighted by Gasteiger charge is -2.10. The molecule has 0 bridgehead atoms. The highest BCUT2D eigenvalue weighted by atomic mass is 35.5. The monoisotopic (exact) mass is 396 g/mol. The van der Waals surface area contributed by atoms with Crippen molar-refractivity contribution < 1.29 is 22.8 Å². The summed E-state index contributed by atoms with van der Waals surface area (Å²) in [5, 5.41) is 5.70. The third-order valence-corrected chi connectivity index (χ3v) is 4.86.